The molecule has 1 heterocycles. The van der Waals surface area contributed by atoms with Crippen molar-refractivity contribution in [2.24, 2.45) is 5.92 Å². The minimum Gasteiger partial charge on any atom is -0.497 e. The van der Waals surface area contributed by atoms with Crippen molar-refractivity contribution >= 4 is 5.91 Å². The quantitative estimate of drug-likeness (QED) is 0.915. The molecule has 0 saturated carbocycles. The monoisotopic (exact) mass is 329 g/mol. The van der Waals surface area contributed by atoms with Crippen LogP contribution in [0.4, 0.5) is 4.39 Å². The lowest BCUT2D eigenvalue weighted by Crippen LogP contribution is -2.30. The van der Waals surface area contributed by atoms with Crippen LogP contribution < -0.4 is 10.1 Å². The Morgan fingerprint density at radius 1 is 1.21 bits per heavy atom. The molecular weight excluding hydrogens is 309 g/mol. The SMILES string of the molecule is COc1ccc(C(=O)NC[C@@H]2CCO[C@H]2c2ccc(F)cc2)cc1. The van der Waals surface area contributed by atoms with E-state index in [0.29, 0.717) is 24.5 Å². The summed E-state index contributed by atoms with van der Waals surface area (Å²) in [5.74, 6) is 0.508. The number of amides is 1. The highest BCUT2D eigenvalue weighted by Crippen LogP contribution is 2.34. The van der Waals surface area contributed by atoms with E-state index >= 15 is 0 Å². The summed E-state index contributed by atoms with van der Waals surface area (Å²) in [7, 11) is 1.59. The molecule has 0 bridgehead atoms. The van der Waals surface area contributed by atoms with Gasteiger partial charge in [0.2, 0.25) is 0 Å². The van der Waals surface area contributed by atoms with E-state index in [1.54, 1.807) is 43.5 Å². The predicted molar refractivity (Wildman–Crippen MR) is 88.5 cm³/mol. The molecule has 0 unspecified atom stereocenters. The number of ether oxygens (including phenoxy) is 2. The Morgan fingerprint density at radius 2 is 1.92 bits per heavy atom. The van der Waals surface area contributed by atoms with Crippen molar-refractivity contribution in [2.45, 2.75) is 12.5 Å². The number of methoxy groups -OCH3 is 1. The van der Waals surface area contributed by atoms with E-state index in [1.165, 1.54) is 12.1 Å². The standard InChI is InChI=1S/C19H20FNO3/c1-23-17-8-4-14(5-9-17)19(22)21-12-15-10-11-24-18(15)13-2-6-16(20)7-3-13/h2-9,15,18H,10-12H2,1H3,(H,21,22)/t15-,18-/m0/s1. The second-order valence-electron chi connectivity index (χ2n) is 5.83. The fraction of sp³-hybridized carbons (Fsp3) is 0.316. The van der Waals surface area contributed by atoms with Gasteiger partial charge in [-0.25, -0.2) is 4.39 Å². The number of rotatable bonds is 5. The van der Waals surface area contributed by atoms with Gasteiger partial charge >= 0.3 is 0 Å². The van der Waals surface area contributed by atoms with Crippen LogP contribution in [0, 0.1) is 11.7 Å². The lowest BCUT2D eigenvalue weighted by Gasteiger charge is -2.19. The fourth-order valence-corrected chi connectivity index (χ4v) is 2.93. The first-order valence-corrected chi connectivity index (χ1v) is 7.96. The lowest BCUT2D eigenvalue weighted by atomic mass is 9.95. The fourth-order valence-electron chi connectivity index (χ4n) is 2.93. The van der Waals surface area contributed by atoms with E-state index in [-0.39, 0.29) is 23.7 Å². The van der Waals surface area contributed by atoms with Crippen LogP contribution >= 0.6 is 0 Å². The normalized spacial score (nSPS) is 19.9. The Morgan fingerprint density at radius 3 is 2.58 bits per heavy atom. The van der Waals surface area contributed by atoms with E-state index in [0.717, 1.165) is 12.0 Å². The van der Waals surface area contributed by atoms with Gasteiger partial charge in [0.25, 0.3) is 5.91 Å². The molecule has 1 saturated heterocycles. The highest BCUT2D eigenvalue weighted by Gasteiger charge is 2.29. The number of halogens is 1. The number of benzene rings is 2. The van der Waals surface area contributed by atoms with Gasteiger partial charge in [0.1, 0.15) is 11.6 Å². The van der Waals surface area contributed by atoms with Crippen molar-refractivity contribution in [2.75, 3.05) is 20.3 Å². The van der Waals surface area contributed by atoms with E-state index in [9.17, 15) is 9.18 Å². The maximum Gasteiger partial charge on any atom is 0.251 e. The number of carbonyl (C=O) groups excluding carboxylic acids is 1. The third-order valence-corrected chi connectivity index (χ3v) is 4.29. The first-order chi connectivity index (χ1) is 11.7. The zero-order valence-corrected chi connectivity index (χ0v) is 13.5. The van der Waals surface area contributed by atoms with Crippen LogP contribution in [0.25, 0.3) is 0 Å². The van der Waals surface area contributed by atoms with Crippen molar-refractivity contribution in [3.8, 4) is 5.75 Å². The first kappa shape index (κ1) is 16.5. The van der Waals surface area contributed by atoms with Crippen LogP contribution in [0.3, 0.4) is 0 Å². The van der Waals surface area contributed by atoms with E-state index in [2.05, 4.69) is 5.32 Å². The molecule has 24 heavy (non-hydrogen) atoms. The van der Waals surface area contributed by atoms with Crippen LogP contribution in [-0.2, 0) is 4.74 Å². The summed E-state index contributed by atoms with van der Waals surface area (Å²) in [6.07, 6.45) is 0.757. The van der Waals surface area contributed by atoms with E-state index < -0.39 is 0 Å². The zero-order valence-electron chi connectivity index (χ0n) is 13.5. The van der Waals surface area contributed by atoms with Gasteiger partial charge in [-0.15, -0.1) is 0 Å². The average molecular weight is 329 g/mol. The summed E-state index contributed by atoms with van der Waals surface area (Å²) in [5, 5.41) is 2.96. The summed E-state index contributed by atoms with van der Waals surface area (Å²) in [6, 6.07) is 13.3. The molecule has 0 aliphatic carbocycles. The molecule has 2 atom stereocenters. The van der Waals surface area contributed by atoms with Crippen molar-refractivity contribution in [3.63, 3.8) is 0 Å². The van der Waals surface area contributed by atoms with Gasteiger partial charge in [0.05, 0.1) is 13.2 Å². The summed E-state index contributed by atoms with van der Waals surface area (Å²) in [4.78, 5) is 12.2. The number of hydrogen-bond donors (Lipinski definition) is 1. The van der Waals surface area contributed by atoms with Gasteiger partial charge in [-0.3, -0.25) is 4.79 Å². The highest BCUT2D eigenvalue weighted by atomic mass is 19.1. The Labute approximate surface area is 140 Å². The third kappa shape index (κ3) is 3.74. The molecule has 1 amide bonds. The molecule has 1 aliphatic rings. The van der Waals surface area contributed by atoms with Crippen molar-refractivity contribution in [3.05, 3.63) is 65.5 Å². The molecule has 0 spiro atoms. The van der Waals surface area contributed by atoms with Gasteiger partial charge in [-0.05, 0) is 48.4 Å². The Hall–Kier alpha value is -2.40. The van der Waals surface area contributed by atoms with E-state index in [4.69, 9.17) is 9.47 Å². The molecular formula is C19H20FNO3. The Balaban J connectivity index is 1.60. The number of carbonyl (C=O) groups is 1. The maximum atomic E-state index is 13.1. The smallest absolute Gasteiger partial charge is 0.251 e. The molecule has 1 aliphatic heterocycles. The number of hydrogen-bond acceptors (Lipinski definition) is 3. The van der Waals surface area contributed by atoms with Gasteiger partial charge in [-0.1, -0.05) is 12.1 Å². The molecule has 2 aromatic rings. The predicted octanol–water partition coefficient (Wildman–Crippen LogP) is 3.34. The number of nitrogens with one attached hydrogen (secondary N) is 1. The van der Waals surface area contributed by atoms with Crippen molar-refractivity contribution in [1.29, 1.82) is 0 Å². The molecule has 5 heteroatoms. The summed E-state index contributed by atoms with van der Waals surface area (Å²) >= 11 is 0. The van der Waals surface area contributed by atoms with Crippen LogP contribution in [0.2, 0.25) is 0 Å². The van der Waals surface area contributed by atoms with E-state index in [1.807, 2.05) is 0 Å². The topological polar surface area (TPSA) is 47.6 Å². The maximum absolute atomic E-state index is 13.1. The Kier molecular flexibility index (Phi) is 5.11. The van der Waals surface area contributed by atoms with Gasteiger partial charge < -0.3 is 14.8 Å². The van der Waals surface area contributed by atoms with Crippen LogP contribution in [-0.4, -0.2) is 26.2 Å². The average Bonchev–Trinajstić information content (AvgIpc) is 3.09. The molecule has 1 fully saturated rings. The van der Waals surface area contributed by atoms with Gasteiger partial charge in [0.15, 0.2) is 0 Å². The van der Waals surface area contributed by atoms with Crippen molar-refractivity contribution in [1.82, 2.24) is 5.32 Å². The largest absolute Gasteiger partial charge is 0.497 e. The molecule has 1 N–H and O–H groups in total. The summed E-state index contributed by atoms with van der Waals surface area (Å²) in [5.41, 5.74) is 1.53. The lowest BCUT2D eigenvalue weighted by molar-refractivity contribution is 0.0846. The Bertz CT molecular complexity index is 685. The minimum atomic E-state index is -0.263. The third-order valence-electron chi connectivity index (χ3n) is 4.29. The molecule has 3 rings (SSSR count). The minimum absolute atomic E-state index is 0.109. The second-order valence-corrected chi connectivity index (χ2v) is 5.83. The molecule has 0 aromatic heterocycles. The van der Waals surface area contributed by atoms with Crippen LogP contribution in [0.1, 0.15) is 28.4 Å². The molecule has 4 nitrogen and oxygen atoms in total. The van der Waals surface area contributed by atoms with Crippen molar-refractivity contribution < 1.29 is 18.7 Å². The molecule has 126 valence electrons. The van der Waals surface area contributed by atoms with Gasteiger partial charge in [-0.2, -0.15) is 0 Å². The molecule has 2 aromatic carbocycles. The first-order valence-electron chi connectivity index (χ1n) is 7.96. The van der Waals surface area contributed by atoms with Crippen LogP contribution in [0.15, 0.2) is 48.5 Å². The summed E-state index contributed by atoms with van der Waals surface area (Å²) < 4.78 is 23.9. The highest BCUT2D eigenvalue weighted by molar-refractivity contribution is 5.94. The van der Waals surface area contributed by atoms with Gasteiger partial charge in [0, 0.05) is 24.6 Å². The zero-order chi connectivity index (χ0) is 16.9. The summed E-state index contributed by atoms with van der Waals surface area (Å²) in [6.45, 7) is 1.16. The second kappa shape index (κ2) is 7.45. The van der Waals surface area contributed by atoms with Crippen LogP contribution in [0.5, 0.6) is 5.75 Å². The molecule has 0 radical (unpaired) electrons.